The van der Waals surface area contributed by atoms with Crippen molar-refractivity contribution in [1.82, 2.24) is 0 Å². The number of aryl methyl sites for hydroxylation is 1. The van der Waals surface area contributed by atoms with E-state index < -0.39 is 0 Å². The Bertz CT molecular complexity index is 271. The molecule has 0 bridgehead atoms. The van der Waals surface area contributed by atoms with Crippen LogP contribution in [-0.4, -0.2) is 16.3 Å². The van der Waals surface area contributed by atoms with Gasteiger partial charge in [0.15, 0.2) is 0 Å². The summed E-state index contributed by atoms with van der Waals surface area (Å²) in [5.41, 5.74) is 1.08. The fourth-order valence-electron chi connectivity index (χ4n) is 1.52. The molecule has 1 aromatic carbocycles. The van der Waals surface area contributed by atoms with Crippen LogP contribution in [0.25, 0.3) is 0 Å². The van der Waals surface area contributed by atoms with Gasteiger partial charge in [-0.05, 0) is 37.0 Å². The molecule has 1 aromatic rings. The molecule has 0 saturated heterocycles. The third-order valence-electron chi connectivity index (χ3n) is 2.30. The molecule has 0 heterocycles. The van der Waals surface area contributed by atoms with Crippen molar-refractivity contribution in [2.75, 3.05) is 0 Å². The van der Waals surface area contributed by atoms with E-state index in [0.717, 1.165) is 31.2 Å². The molecule has 14 heavy (non-hydrogen) atoms. The molecule has 0 aliphatic rings. The highest BCUT2D eigenvalue weighted by Crippen LogP contribution is 2.14. The molecule has 0 radical (unpaired) electrons. The number of benzene rings is 1. The first kappa shape index (κ1) is 11.1. The van der Waals surface area contributed by atoms with Crippen LogP contribution < -0.4 is 0 Å². The molecular formula is C12H18O2. The Labute approximate surface area is 85.2 Å². The fraction of sp³-hybridized carbons (Fsp3) is 0.500. The quantitative estimate of drug-likeness (QED) is 0.756. The third kappa shape index (κ3) is 3.79. The van der Waals surface area contributed by atoms with Crippen LogP contribution in [0, 0.1) is 0 Å². The van der Waals surface area contributed by atoms with Crippen LogP contribution in [0.3, 0.4) is 0 Å². The van der Waals surface area contributed by atoms with Crippen LogP contribution in [0.5, 0.6) is 5.75 Å². The van der Waals surface area contributed by atoms with Crippen LogP contribution in [0.15, 0.2) is 24.3 Å². The number of phenolic OH excluding ortho intramolecular Hbond substituents is 1. The Hall–Kier alpha value is -1.02. The number of aliphatic hydroxyl groups is 1. The average molecular weight is 194 g/mol. The lowest BCUT2D eigenvalue weighted by molar-refractivity contribution is 0.154. The molecule has 2 N–H and O–H groups in total. The topological polar surface area (TPSA) is 40.5 Å². The van der Waals surface area contributed by atoms with Gasteiger partial charge in [0.05, 0.1) is 6.10 Å². The van der Waals surface area contributed by atoms with Crippen molar-refractivity contribution >= 4 is 0 Å². The van der Waals surface area contributed by atoms with E-state index in [-0.39, 0.29) is 6.10 Å². The summed E-state index contributed by atoms with van der Waals surface area (Å²) >= 11 is 0. The van der Waals surface area contributed by atoms with E-state index in [4.69, 9.17) is 0 Å². The third-order valence-corrected chi connectivity index (χ3v) is 2.30. The van der Waals surface area contributed by atoms with Crippen LogP contribution in [0.4, 0.5) is 0 Å². The fourth-order valence-corrected chi connectivity index (χ4v) is 1.52. The smallest absolute Gasteiger partial charge is 0.115 e. The van der Waals surface area contributed by atoms with Crippen LogP contribution >= 0.6 is 0 Å². The van der Waals surface area contributed by atoms with Gasteiger partial charge in [0.25, 0.3) is 0 Å². The minimum atomic E-state index is -0.206. The van der Waals surface area contributed by atoms with Gasteiger partial charge in [-0.1, -0.05) is 25.5 Å². The monoisotopic (exact) mass is 194 g/mol. The Morgan fingerprint density at radius 1 is 1.29 bits per heavy atom. The second-order valence-electron chi connectivity index (χ2n) is 3.65. The molecule has 1 atom stereocenters. The zero-order valence-electron chi connectivity index (χ0n) is 8.61. The SMILES string of the molecule is CCCC(O)CCc1cccc(O)c1. The highest BCUT2D eigenvalue weighted by atomic mass is 16.3. The summed E-state index contributed by atoms with van der Waals surface area (Å²) in [5.74, 6) is 0.299. The number of aliphatic hydroxyl groups excluding tert-OH is 1. The molecule has 0 fully saturated rings. The van der Waals surface area contributed by atoms with Gasteiger partial charge in [-0.2, -0.15) is 0 Å². The van der Waals surface area contributed by atoms with Gasteiger partial charge in [-0.15, -0.1) is 0 Å². The number of rotatable bonds is 5. The minimum Gasteiger partial charge on any atom is -0.508 e. The number of phenols is 1. The highest BCUT2D eigenvalue weighted by molar-refractivity contribution is 5.27. The molecule has 0 amide bonds. The normalized spacial score (nSPS) is 12.7. The standard InChI is InChI=1S/C12H18O2/c1-2-4-11(13)8-7-10-5-3-6-12(14)9-10/h3,5-6,9,11,13-14H,2,4,7-8H2,1H3. The predicted octanol–water partition coefficient (Wildman–Crippen LogP) is 2.49. The lowest BCUT2D eigenvalue weighted by Crippen LogP contribution is -2.06. The van der Waals surface area contributed by atoms with Gasteiger partial charge < -0.3 is 10.2 Å². The zero-order chi connectivity index (χ0) is 10.4. The summed E-state index contributed by atoms with van der Waals surface area (Å²) in [7, 11) is 0. The van der Waals surface area contributed by atoms with Crippen molar-refractivity contribution in [3.63, 3.8) is 0 Å². The second-order valence-corrected chi connectivity index (χ2v) is 3.65. The van der Waals surface area contributed by atoms with E-state index in [0.29, 0.717) is 5.75 Å². The summed E-state index contributed by atoms with van der Waals surface area (Å²) in [6.45, 7) is 2.07. The summed E-state index contributed by atoms with van der Waals surface area (Å²) in [6, 6.07) is 7.21. The largest absolute Gasteiger partial charge is 0.508 e. The van der Waals surface area contributed by atoms with Gasteiger partial charge in [0.2, 0.25) is 0 Å². The molecule has 0 saturated carbocycles. The maximum absolute atomic E-state index is 9.52. The van der Waals surface area contributed by atoms with Crippen molar-refractivity contribution in [3.05, 3.63) is 29.8 Å². The van der Waals surface area contributed by atoms with Crippen molar-refractivity contribution in [2.45, 2.75) is 38.7 Å². The number of aromatic hydroxyl groups is 1. The van der Waals surface area contributed by atoms with Gasteiger partial charge in [0, 0.05) is 0 Å². The summed E-state index contributed by atoms with van der Waals surface area (Å²) in [5, 5.41) is 18.7. The van der Waals surface area contributed by atoms with E-state index in [1.807, 2.05) is 12.1 Å². The molecule has 0 aliphatic carbocycles. The van der Waals surface area contributed by atoms with E-state index in [1.54, 1.807) is 12.1 Å². The first-order valence-electron chi connectivity index (χ1n) is 5.18. The van der Waals surface area contributed by atoms with Crippen molar-refractivity contribution in [1.29, 1.82) is 0 Å². The molecule has 78 valence electrons. The van der Waals surface area contributed by atoms with Crippen molar-refractivity contribution in [3.8, 4) is 5.75 Å². The lowest BCUT2D eigenvalue weighted by atomic mass is 10.0. The van der Waals surface area contributed by atoms with E-state index >= 15 is 0 Å². The van der Waals surface area contributed by atoms with Crippen LogP contribution in [0.1, 0.15) is 31.7 Å². The molecule has 1 rings (SSSR count). The highest BCUT2D eigenvalue weighted by Gasteiger charge is 2.03. The van der Waals surface area contributed by atoms with E-state index in [2.05, 4.69) is 6.92 Å². The Morgan fingerprint density at radius 2 is 2.07 bits per heavy atom. The molecular weight excluding hydrogens is 176 g/mol. The molecule has 2 heteroatoms. The van der Waals surface area contributed by atoms with Gasteiger partial charge in [-0.3, -0.25) is 0 Å². The summed E-state index contributed by atoms with van der Waals surface area (Å²) < 4.78 is 0. The van der Waals surface area contributed by atoms with Crippen LogP contribution in [-0.2, 0) is 6.42 Å². The molecule has 0 spiro atoms. The lowest BCUT2D eigenvalue weighted by Gasteiger charge is -2.08. The number of hydrogen-bond acceptors (Lipinski definition) is 2. The maximum Gasteiger partial charge on any atom is 0.115 e. The molecule has 1 unspecified atom stereocenters. The molecule has 2 nitrogen and oxygen atoms in total. The predicted molar refractivity (Wildman–Crippen MR) is 57.3 cm³/mol. The van der Waals surface area contributed by atoms with Gasteiger partial charge in [-0.25, -0.2) is 0 Å². The summed E-state index contributed by atoms with van der Waals surface area (Å²) in [4.78, 5) is 0. The first-order valence-corrected chi connectivity index (χ1v) is 5.18. The second kappa shape index (κ2) is 5.66. The Balaban J connectivity index is 2.37. The van der Waals surface area contributed by atoms with Gasteiger partial charge in [0.1, 0.15) is 5.75 Å². The van der Waals surface area contributed by atoms with Gasteiger partial charge >= 0.3 is 0 Å². The average Bonchev–Trinajstić information content (AvgIpc) is 2.15. The van der Waals surface area contributed by atoms with Crippen molar-refractivity contribution in [2.24, 2.45) is 0 Å². The molecule has 0 aromatic heterocycles. The number of hydrogen-bond donors (Lipinski definition) is 2. The Kier molecular flexibility index (Phi) is 4.47. The molecule has 0 aliphatic heterocycles. The maximum atomic E-state index is 9.52. The van der Waals surface area contributed by atoms with E-state index in [9.17, 15) is 10.2 Å². The minimum absolute atomic E-state index is 0.206. The van der Waals surface area contributed by atoms with E-state index in [1.165, 1.54) is 0 Å². The zero-order valence-corrected chi connectivity index (χ0v) is 8.61. The van der Waals surface area contributed by atoms with Crippen LogP contribution in [0.2, 0.25) is 0 Å². The first-order chi connectivity index (χ1) is 6.72. The Morgan fingerprint density at radius 3 is 2.71 bits per heavy atom. The van der Waals surface area contributed by atoms with Crippen molar-refractivity contribution < 1.29 is 10.2 Å². The summed E-state index contributed by atoms with van der Waals surface area (Å²) in [6.07, 6.45) is 3.27.